The molecule has 3 aliphatic heterocycles. The van der Waals surface area contributed by atoms with Gasteiger partial charge in [0.25, 0.3) is 15.9 Å². The number of hydrogen-bond donors (Lipinski definition) is 1. The van der Waals surface area contributed by atoms with Crippen molar-refractivity contribution in [1.29, 1.82) is 0 Å². The molecule has 51 heavy (non-hydrogen) atoms. The fraction of sp³-hybridized carbons (Fsp3) is 0.568. The zero-order valence-corrected chi connectivity index (χ0v) is 30.4. The van der Waals surface area contributed by atoms with E-state index < -0.39 is 51.3 Å². The Bertz CT molecular complexity index is 1820. The van der Waals surface area contributed by atoms with Crippen molar-refractivity contribution < 1.29 is 41.0 Å². The van der Waals surface area contributed by atoms with E-state index in [1.54, 1.807) is 24.3 Å². The van der Waals surface area contributed by atoms with Crippen LogP contribution in [0.1, 0.15) is 50.7 Å². The van der Waals surface area contributed by atoms with Gasteiger partial charge in [0.1, 0.15) is 18.0 Å². The van der Waals surface area contributed by atoms with Crippen LogP contribution in [0.3, 0.4) is 0 Å². The van der Waals surface area contributed by atoms with Crippen LogP contribution in [-0.4, -0.2) is 95.2 Å². The van der Waals surface area contributed by atoms with Gasteiger partial charge in [-0.25, -0.2) is 21.9 Å². The van der Waals surface area contributed by atoms with Crippen LogP contribution in [0.25, 0.3) is 0 Å². The second kappa shape index (κ2) is 13.9. The van der Waals surface area contributed by atoms with Crippen molar-refractivity contribution in [3.8, 4) is 5.75 Å². The van der Waals surface area contributed by atoms with Crippen molar-refractivity contribution >= 4 is 39.1 Å². The summed E-state index contributed by atoms with van der Waals surface area (Å²) in [6.45, 7) is 3.49. The summed E-state index contributed by atoms with van der Waals surface area (Å²) in [5.74, 6) is -0.697. The lowest BCUT2D eigenvalue weighted by Crippen LogP contribution is -2.50. The summed E-state index contributed by atoms with van der Waals surface area (Å²) in [6.07, 6.45) is 3.94. The molecule has 5 aliphatic rings. The summed E-state index contributed by atoms with van der Waals surface area (Å²) in [4.78, 5) is 29.5. The van der Waals surface area contributed by atoms with E-state index in [1.807, 2.05) is 12.1 Å². The number of hydrogen-bond acceptors (Lipinski definition) is 8. The minimum atomic E-state index is -4.28. The fourth-order valence-electron chi connectivity index (χ4n) is 8.12. The molecule has 10 nitrogen and oxygen atoms in total. The highest BCUT2D eigenvalue weighted by atomic mass is 35.5. The summed E-state index contributed by atoms with van der Waals surface area (Å²) in [6, 6.07) is 10.7. The van der Waals surface area contributed by atoms with Gasteiger partial charge < -0.3 is 24.0 Å². The van der Waals surface area contributed by atoms with Crippen LogP contribution in [0.5, 0.6) is 5.75 Å². The third-order valence-corrected chi connectivity index (χ3v) is 12.8. The van der Waals surface area contributed by atoms with E-state index in [0.29, 0.717) is 36.2 Å². The number of anilines is 1. The van der Waals surface area contributed by atoms with Crippen molar-refractivity contribution in [3.05, 3.63) is 64.7 Å². The molecular weight excluding hydrogens is 704 g/mol. The number of nitrogens with one attached hydrogen (secondary N) is 1. The van der Waals surface area contributed by atoms with Crippen molar-refractivity contribution in [2.24, 2.45) is 11.8 Å². The van der Waals surface area contributed by atoms with Crippen LogP contribution >= 0.6 is 11.6 Å². The van der Waals surface area contributed by atoms with Crippen LogP contribution in [0.4, 0.5) is 14.5 Å². The second-order valence-electron chi connectivity index (χ2n) is 15.0. The van der Waals surface area contributed by atoms with Crippen LogP contribution in [0.15, 0.2) is 53.4 Å². The molecule has 3 heterocycles. The number of ether oxygens (including phenoxy) is 3. The van der Waals surface area contributed by atoms with Gasteiger partial charge in [0, 0.05) is 23.5 Å². The Labute approximate surface area is 302 Å². The first-order valence-corrected chi connectivity index (χ1v) is 19.5. The predicted molar refractivity (Wildman–Crippen MR) is 187 cm³/mol. The molecule has 0 aromatic heterocycles. The van der Waals surface area contributed by atoms with Gasteiger partial charge in [-0.2, -0.15) is 0 Å². The minimum Gasteiger partial charge on any atom is -0.490 e. The number of nitrogens with zero attached hydrogens (tertiary/aromatic N) is 2. The lowest BCUT2D eigenvalue weighted by molar-refractivity contribution is -0.140. The van der Waals surface area contributed by atoms with E-state index in [-0.39, 0.29) is 43.0 Å². The minimum absolute atomic E-state index is 0.0207. The van der Waals surface area contributed by atoms with Crippen molar-refractivity contribution in [2.75, 3.05) is 50.9 Å². The van der Waals surface area contributed by atoms with Crippen LogP contribution in [-0.2, 0) is 40.9 Å². The van der Waals surface area contributed by atoms with Gasteiger partial charge in [0.05, 0.1) is 43.0 Å². The summed E-state index contributed by atoms with van der Waals surface area (Å²) < 4.78 is 75.8. The Morgan fingerprint density at radius 1 is 1.10 bits per heavy atom. The van der Waals surface area contributed by atoms with Gasteiger partial charge in [0.2, 0.25) is 5.91 Å². The average molecular weight is 748 g/mol. The van der Waals surface area contributed by atoms with Crippen LogP contribution < -0.4 is 14.4 Å². The smallest absolute Gasteiger partial charge is 0.265 e. The Balaban J connectivity index is 1.24. The van der Waals surface area contributed by atoms with E-state index in [9.17, 15) is 26.8 Å². The van der Waals surface area contributed by atoms with E-state index in [2.05, 4.69) is 15.7 Å². The number of likely N-dealkylation sites (tertiary alicyclic amines) is 1. The summed E-state index contributed by atoms with van der Waals surface area (Å²) in [5, 5.41) is 0.674. The van der Waals surface area contributed by atoms with Gasteiger partial charge in [-0.1, -0.05) is 29.8 Å². The lowest BCUT2D eigenvalue weighted by atomic mass is 9.68. The molecule has 2 fully saturated rings. The normalized spacial score (nSPS) is 32.1. The quantitative estimate of drug-likeness (QED) is 0.441. The number of benzene rings is 2. The third-order valence-electron chi connectivity index (χ3n) is 11.2. The molecule has 0 radical (unpaired) electrons. The van der Waals surface area contributed by atoms with E-state index in [0.717, 1.165) is 37.0 Å². The number of alkyl halides is 2. The first kappa shape index (κ1) is 36.1. The molecule has 1 spiro atoms. The maximum Gasteiger partial charge on any atom is 0.265 e. The molecule has 14 heteroatoms. The number of aryl methyl sites for hydroxylation is 1. The zero-order valence-electron chi connectivity index (χ0n) is 28.8. The molecule has 2 amide bonds. The van der Waals surface area contributed by atoms with E-state index in [4.69, 9.17) is 25.8 Å². The standard InChI is InChI=1S/C37H44ClF2N3O7S/c1-36(2)35(45)41-51(46,47)26-9-12-33-31(16-26)43(21-37(22-49-33)13-3-5-23-15-25(38)8-11-28(23)37)17-24-7-10-27(24)32(6-4-14-50-36)48-20-34(44)42-18-29(39)30(40)19-42/h4,6,8-9,11-12,15-16,24,27,29-30,32H,3,5,7,10,13-14,17-22H2,1-2H3,(H,41,45)/b6-4-/t24-,27+,29-,30+,32-,37-/m0/s1. The monoisotopic (exact) mass is 747 g/mol. The molecule has 2 bridgehead atoms. The topological polar surface area (TPSA) is 114 Å². The largest absolute Gasteiger partial charge is 0.490 e. The molecule has 6 atom stereocenters. The number of halogens is 3. The fourth-order valence-corrected chi connectivity index (χ4v) is 9.44. The Morgan fingerprint density at radius 2 is 1.88 bits per heavy atom. The summed E-state index contributed by atoms with van der Waals surface area (Å²) in [7, 11) is -4.28. The van der Waals surface area contributed by atoms with E-state index in [1.165, 1.54) is 31.0 Å². The molecular formula is C37H44ClF2N3O7S. The Morgan fingerprint density at radius 3 is 2.63 bits per heavy atom. The van der Waals surface area contributed by atoms with Crippen molar-refractivity contribution in [1.82, 2.24) is 9.62 Å². The molecule has 1 saturated heterocycles. The van der Waals surface area contributed by atoms with Gasteiger partial charge in [0.15, 0.2) is 12.3 Å². The molecule has 1 saturated carbocycles. The Hall–Kier alpha value is -3.26. The highest BCUT2D eigenvalue weighted by Gasteiger charge is 2.45. The molecule has 276 valence electrons. The van der Waals surface area contributed by atoms with Gasteiger partial charge in [-0.3, -0.25) is 9.59 Å². The van der Waals surface area contributed by atoms with Crippen molar-refractivity contribution in [2.45, 2.75) is 80.3 Å². The van der Waals surface area contributed by atoms with Gasteiger partial charge >= 0.3 is 0 Å². The van der Waals surface area contributed by atoms with Crippen molar-refractivity contribution in [3.63, 3.8) is 0 Å². The highest BCUT2D eigenvalue weighted by Crippen LogP contribution is 2.47. The van der Waals surface area contributed by atoms with E-state index >= 15 is 0 Å². The molecule has 2 aromatic carbocycles. The second-order valence-corrected chi connectivity index (χ2v) is 17.1. The molecule has 2 aliphatic carbocycles. The first-order chi connectivity index (χ1) is 24.2. The predicted octanol–water partition coefficient (Wildman–Crippen LogP) is 4.91. The van der Waals surface area contributed by atoms with Crippen LogP contribution in [0, 0.1) is 11.8 Å². The van der Waals surface area contributed by atoms with Gasteiger partial charge in [-0.05, 0) is 99.2 Å². The zero-order chi connectivity index (χ0) is 36.1. The maximum atomic E-state index is 13.9. The number of carbonyl (C=O) groups is 2. The maximum absolute atomic E-state index is 13.9. The summed E-state index contributed by atoms with van der Waals surface area (Å²) >= 11 is 6.42. The number of sulfonamides is 1. The highest BCUT2D eigenvalue weighted by molar-refractivity contribution is 7.90. The molecule has 2 aromatic rings. The Kier molecular flexibility index (Phi) is 9.87. The molecule has 1 N–H and O–H groups in total. The lowest BCUT2D eigenvalue weighted by Gasteiger charge is -2.46. The van der Waals surface area contributed by atoms with Gasteiger partial charge in [-0.15, -0.1) is 0 Å². The number of carbonyl (C=O) groups excluding carboxylic acids is 2. The SMILES string of the molecule is CC1(C)OC/C=C\[C@H](OCC(=O)N2C[C@@H](F)[C@@H](F)C2)[C@@H]2CC[C@H]2CN2C[C@@]3(CCCc4cc(Cl)ccc43)COc3ccc(cc32)S(=O)(=O)NC1=O. The molecule has 0 unspecified atom stereocenters. The summed E-state index contributed by atoms with van der Waals surface area (Å²) in [5.41, 5.74) is 1.05. The first-order valence-electron chi connectivity index (χ1n) is 17.6. The van der Waals surface area contributed by atoms with Crippen LogP contribution in [0.2, 0.25) is 5.02 Å². The number of fused-ring (bicyclic) bond motifs is 4. The number of amides is 2. The third kappa shape index (κ3) is 7.23. The molecule has 7 rings (SSSR count). The average Bonchev–Trinajstić information content (AvgIpc) is 3.33. The number of rotatable bonds is 3.